The normalized spacial score (nSPS) is 15.8. The lowest BCUT2D eigenvalue weighted by Crippen LogP contribution is -2.41. The van der Waals surface area contributed by atoms with Crippen molar-refractivity contribution in [2.24, 2.45) is 5.18 Å². The van der Waals surface area contributed by atoms with E-state index in [1.165, 1.54) is 13.8 Å². The maximum atomic E-state index is 10.3. The maximum Gasteiger partial charge on any atom is 0.183 e. The van der Waals surface area contributed by atoms with Crippen LogP contribution in [-0.4, -0.2) is 22.5 Å². The Balaban J connectivity index is 4.22. The molecule has 72 valence electrons. The highest BCUT2D eigenvalue weighted by Gasteiger charge is 2.33. The molecule has 0 heterocycles. The molecule has 0 aromatic heterocycles. The second kappa shape index (κ2) is 3.49. The van der Waals surface area contributed by atoms with Crippen LogP contribution in [-0.2, 0) is 4.74 Å². The van der Waals surface area contributed by atoms with Gasteiger partial charge in [-0.25, -0.2) is 0 Å². The smallest absolute Gasteiger partial charge is 0.183 e. The molecule has 0 rings (SSSR count). The van der Waals surface area contributed by atoms with Crippen LogP contribution >= 0.6 is 0 Å². The van der Waals surface area contributed by atoms with Crippen molar-refractivity contribution in [3.63, 3.8) is 0 Å². The van der Waals surface area contributed by atoms with E-state index in [2.05, 4.69) is 5.18 Å². The molecule has 1 atom stereocenters. The lowest BCUT2D eigenvalue weighted by Gasteiger charge is -2.29. The van der Waals surface area contributed by atoms with E-state index in [-0.39, 0.29) is 0 Å². The van der Waals surface area contributed by atoms with E-state index in [1.807, 2.05) is 0 Å². The number of hydrogen-bond acceptors (Lipinski definition) is 4. The number of hydrogen-bond donors (Lipinski definition) is 1. The number of rotatable bonds is 3. The average Bonchev–Trinajstić information content (AvgIpc) is 1.84. The Morgan fingerprint density at radius 3 is 1.92 bits per heavy atom. The Bertz CT molecular complexity index is 160. The Morgan fingerprint density at radius 1 is 1.25 bits per heavy atom. The predicted octanol–water partition coefficient (Wildman–Crippen LogP) is 1.66. The van der Waals surface area contributed by atoms with Gasteiger partial charge in [-0.3, -0.25) is 0 Å². The predicted molar refractivity (Wildman–Crippen MR) is 46.7 cm³/mol. The average molecular weight is 175 g/mol. The van der Waals surface area contributed by atoms with Crippen molar-refractivity contribution in [1.29, 1.82) is 0 Å². The van der Waals surface area contributed by atoms with Crippen LogP contribution in [0.25, 0.3) is 0 Å². The molecular formula is C8H17NO3. The SMILES string of the molecule is CC(C)(C)O[C@H](O)C(C)(C)N=O. The Morgan fingerprint density at radius 2 is 1.67 bits per heavy atom. The summed E-state index contributed by atoms with van der Waals surface area (Å²) in [5.41, 5.74) is -1.56. The third-order valence-corrected chi connectivity index (χ3v) is 1.30. The summed E-state index contributed by atoms with van der Waals surface area (Å²) >= 11 is 0. The number of aliphatic hydroxyl groups is 1. The summed E-state index contributed by atoms with van der Waals surface area (Å²) in [7, 11) is 0. The van der Waals surface area contributed by atoms with Crippen LogP contribution < -0.4 is 0 Å². The van der Waals surface area contributed by atoms with Gasteiger partial charge in [0.1, 0.15) is 5.54 Å². The molecule has 0 aromatic carbocycles. The van der Waals surface area contributed by atoms with Gasteiger partial charge in [-0.05, 0) is 34.6 Å². The lowest BCUT2D eigenvalue weighted by molar-refractivity contribution is -0.192. The molecule has 0 radical (unpaired) electrons. The topological polar surface area (TPSA) is 58.9 Å². The zero-order chi connectivity index (χ0) is 9.99. The number of nitrogens with zero attached hydrogens (tertiary/aromatic N) is 1. The van der Waals surface area contributed by atoms with Crippen molar-refractivity contribution in [2.75, 3.05) is 0 Å². The Labute approximate surface area is 72.9 Å². The molecular weight excluding hydrogens is 158 g/mol. The number of nitroso groups, excluding NO2 is 1. The molecule has 0 saturated heterocycles. The fourth-order valence-corrected chi connectivity index (χ4v) is 0.524. The summed E-state index contributed by atoms with van der Waals surface area (Å²) in [5.74, 6) is 0. The van der Waals surface area contributed by atoms with Crippen LogP contribution in [0.2, 0.25) is 0 Å². The van der Waals surface area contributed by atoms with Gasteiger partial charge in [0.15, 0.2) is 6.29 Å². The van der Waals surface area contributed by atoms with Gasteiger partial charge in [0.2, 0.25) is 0 Å². The first-order valence-corrected chi connectivity index (χ1v) is 3.89. The van der Waals surface area contributed by atoms with E-state index in [0.717, 1.165) is 0 Å². The van der Waals surface area contributed by atoms with Gasteiger partial charge in [-0.2, -0.15) is 4.91 Å². The van der Waals surface area contributed by atoms with E-state index in [0.29, 0.717) is 0 Å². The summed E-state index contributed by atoms with van der Waals surface area (Å²) < 4.78 is 5.16. The fraction of sp³-hybridized carbons (Fsp3) is 1.00. The minimum absolute atomic E-state index is 0.471. The molecule has 0 spiro atoms. The first-order valence-electron chi connectivity index (χ1n) is 3.89. The van der Waals surface area contributed by atoms with Crippen LogP contribution in [0.3, 0.4) is 0 Å². The first kappa shape index (κ1) is 11.5. The van der Waals surface area contributed by atoms with Crippen LogP contribution in [0.4, 0.5) is 0 Å². The quantitative estimate of drug-likeness (QED) is 0.524. The third kappa shape index (κ3) is 3.78. The van der Waals surface area contributed by atoms with E-state index in [9.17, 15) is 10.0 Å². The molecule has 12 heavy (non-hydrogen) atoms. The van der Waals surface area contributed by atoms with E-state index < -0.39 is 17.4 Å². The largest absolute Gasteiger partial charge is 0.366 e. The van der Waals surface area contributed by atoms with Crippen molar-refractivity contribution < 1.29 is 9.84 Å². The van der Waals surface area contributed by atoms with Crippen molar-refractivity contribution in [1.82, 2.24) is 0 Å². The molecule has 0 aliphatic rings. The molecule has 0 aliphatic carbocycles. The summed E-state index contributed by atoms with van der Waals surface area (Å²) in [6.45, 7) is 8.46. The molecule has 0 unspecified atom stereocenters. The van der Waals surface area contributed by atoms with Crippen LogP contribution in [0.5, 0.6) is 0 Å². The fourth-order valence-electron chi connectivity index (χ4n) is 0.524. The number of ether oxygens (including phenoxy) is 1. The third-order valence-electron chi connectivity index (χ3n) is 1.30. The van der Waals surface area contributed by atoms with Crippen LogP contribution in [0, 0.1) is 4.91 Å². The van der Waals surface area contributed by atoms with Crippen molar-refractivity contribution in [2.45, 2.75) is 52.0 Å². The Hall–Kier alpha value is -0.480. The second-order valence-corrected chi connectivity index (χ2v) is 4.33. The summed E-state index contributed by atoms with van der Waals surface area (Å²) in [6.07, 6.45) is -1.16. The minimum atomic E-state index is -1.16. The van der Waals surface area contributed by atoms with Gasteiger partial charge in [0.25, 0.3) is 0 Å². The maximum absolute atomic E-state index is 10.3. The minimum Gasteiger partial charge on any atom is -0.366 e. The van der Waals surface area contributed by atoms with Gasteiger partial charge >= 0.3 is 0 Å². The van der Waals surface area contributed by atoms with E-state index >= 15 is 0 Å². The highest BCUT2D eigenvalue weighted by atomic mass is 16.6. The molecule has 0 amide bonds. The van der Waals surface area contributed by atoms with Crippen molar-refractivity contribution >= 4 is 0 Å². The van der Waals surface area contributed by atoms with E-state index in [4.69, 9.17) is 4.74 Å². The summed E-state index contributed by atoms with van der Waals surface area (Å²) in [5, 5.41) is 12.2. The zero-order valence-electron chi connectivity index (χ0n) is 8.29. The lowest BCUT2D eigenvalue weighted by atomic mass is 10.1. The first-order chi connectivity index (χ1) is 5.19. The van der Waals surface area contributed by atoms with Crippen molar-refractivity contribution in [3.8, 4) is 0 Å². The Kier molecular flexibility index (Phi) is 3.35. The molecule has 0 bridgehead atoms. The van der Waals surface area contributed by atoms with E-state index in [1.54, 1.807) is 20.8 Å². The highest BCUT2D eigenvalue weighted by Crippen LogP contribution is 2.20. The van der Waals surface area contributed by atoms with Gasteiger partial charge in [0.05, 0.1) is 5.60 Å². The molecule has 0 fully saturated rings. The molecule has 1 N–H and O–H groups in total. The monoisotopic (exact) mass is 175 g/mol. The van der Waals surface area contributed by atoms with Gasteiger partial charge in [0, 0.05) is 0 Å². The van der Waals surface area contributed by atoms with Gasteiger partial charge in [-0.15, -0.1) is 0 Å². The van der Waals surface area contributed by atoms with Crippen molar-refractivity contribution in [3.05, 3.63) is 4.91 Å². The highest BCUT2D eigenvalue weighted by molar-refractivity contribution is 4.81. The molecule has 4 heteroatoms. The van der Waals surface area contributed by atoms with Gasteiger partial charge in [-0.1, -0.05) is 5.18 Å². The van der Waals surface area contributed by atoms with Gasteiger partial charge < -0.3 is 9.84 Å². The van der Waals surface area contributed by atoms with Crippen LogP contribution in [0.1, 0.15) is 34.6 Å². The molecule has 0 aromatic rings. The summed E-state index contributed by atoms with van der Waals surface area (Å²) in [6, 6.07) is 0. The zero-order valence-corrected chi connectivity index (χ0v) is 8.29. The number of aliphatic hydroxyl groups excluding tert-OH is 1. The standard InChI is InChI=1S/C8H17NO3/c1-7(2,3)12-6(10)8(4,5)9-11/h6,10H,1-5H3/t6-/m0/s1. The second-order valence-electron chi connectivity index (χ2n) is 4.33. The molecule has 4 nitrogen and oxygen atoms in total. The summed E-state index contributed by atoms with van der Waals surface area (Å²) in [4.78, 5) is 10.3. The molecule has 0 saturated carbocycles. The molecule has 0 aliphatic heterocycles. The van der Waals surface area contributed by atoms with Crippen LogP contribution in [0.15, 0.2) is 5.18 Å².